The quantitative estimate of drug-likeness (QED) is 0.743. The molecule has 23 heavy (non-hydrogen) atoms. The van der Waals surface area contributed by atoms with Gasteiger partial charge in [-0.3, -0.25) is 0 Å². The van der Waals surface area contributed by atoms with Crippen LogP contribution in [0.1, 0.15) is 72.1 Å². The maximum Gasteiger partial charge on any atom is 0.407 e. The topological polar surface area (TPSA) is 70.6 Å². The molecular formula is C18H34N2O3. The summed E-state index contributed by atoms with van der Waals surface area (Å²) in [6.45, 7) is 6.31. The van der Waals surface area contributed by atoms with Crippen LogP contribution < -0.4 is 10.6 Å². The minimum Gasteiger partial charge on any atom is -0.444 e. The standard InChI is InChI=1S/C18H34N2O3/c1-18(2,3)23-17(22)19-12-13-7-4-5-10-16(13)20-14-8-6-9-15(21)11-14/h13-16,20-21H,4-12H2,1-3H3,(H,19,22). The third kappa shape index (κ3) is 6.68. The van der Waals surface area contributed by atoms with Gasteiger partial charge in [0.1, 0.15) is 5.60 Å². The number of carbonyl (C=O) groups excluding carboxylic acids is 1. The van der Waals surface area contributed by atoms with Crippen molar-refractivity contribution in [3.05, 3.63) is 0 Å². The Bertz CT molecular complexity index is 381. The predicted molar refractivity (Wildman–Crippen MR) is 91.4 cm³/mol. The largest absolute Gasteiger partial charge is 0.444 e. The van der Waals surface area contributed by atoms with Gasteiger partial charge in [-0.25, -0.2) is 4.79 Å². The maximum absolute atomic E-state index is 11.9. The molecular weight excluding hydrogens is 292 g/mol. The summed E-state index contributed by atoms with van der Waals surface area (Å²) in [5, 5.41) is 16.5. The molecule has 3 N–H and O–H groups in total. The fourth-order valence-corrected chi connectivity index (χ4v) is 3.82. The molecule has 5 heteroatoms. The van der Waals surface area contributed by atoms with Crippen LogP contribution in [0, 0.1) is 5.92 Å². The molecule has 0 radical (unpaired) electrons. The van der Waals surface area contributed by atoms with E-state index in [1.165, 1.54) is 12.8 Å². The molecule has 2 aliphatic rings. The van der Waals surface area contributed by atoms with Crippen LogP contribution in [0.15, 0.2) is 0 Å². The molecule has 0 aromatic heterocycles. The zero-order valence-electron chi connectivity index (χ0n) is 14.9. The first-order chi connectivity index (χ1) is 10.8. The minimum absolute atomic E-state index is 0.150. The summed E-state index contributed by atoms with van der Waals surface area (Å²) < 4.78 is 5.32. The average molecular weight is 326 g/mol. The van der Waals surface area contributed by atoms with Crippen LogP contribution in [0.5, 0.6) is 0 Å². The van der Waals surface area contributed by atoms with Crippen molar-refractivity contribution in [1.82, 2.24) is 10.6 Å². The molecule has 0 spiro atoms. The SMILES string of the molecule is CC(C)(C)OC(=O)NCC1CCCCC1NC1CCCC(O)C1. The highest BCUT2D eigenvalue weighted by molar-refractivity contribution is 5.67. The van der Waals surface area contributed by atoms with Crippen molar-refractivity contribution in [1.29, 1.82) is 0 Å². The summed E-state index contributed by atoms with van der Waals surface area (Å²) >= 11 is 0. The van der Waals surface area contributed by atoms with E-state index in [2.05, 4.69) is 10.6 Å². The van der Waals surface area contributed by atoms with Crippen molar-refractivity contribution in [2.24, 2.45) is 5.92 Å². The van der Waals surface area contributed by atoms with E-state index in [9.17, 15) is 9.90 Å². The van der Waals surface area contributed by atoms with Gasteiger partial charge >= 0.3 is 6.09 Å². The smallest absolute Gasteiger partial charge is 0.407 e. The van der Waals surface area contributed by atoms with Gasteiger partial charge in [0.15, 0.2) is 0 Å². The van der Waals surface area contributed by atoms with E-state index in [1.54, 1.807) is 0 Å². The third-order valence-electron chi connectivity index (χ3n) is 4.91. The molecule has 4 atom stereocenters. The van der Waals surface area contributed by atoms with Gasteiger partial charge in [0.25, 0.3) is 0 Å². The average Bonchev–Trinajstić information content (AvgIpc) is 2.44. The Balaban J connectivity index is 1.79. The second-order valence-electron chi connectivity index (χ2n) is 8.22. The highest BCUT2D eigenvalue weighted by Crippen LogP contribution is 2.27. The van der Waals surface area contributed by atoms with Gasteiger partial charge < -0.3 is 20.5 Å². The number of hydrogen-bond acceptors (Lipinski definition) is 4. The van der Waals surface area contributed by atoms with Crippen LogP contribution in [-0.2, 0) is 4.74 Å². The number of rotatable bonds is 4. The molecule has 2 aliphatic carbocycles. The Kier molecular flexibility index (Phi) is 6.72. The summed E-state index contributed by atoms with van der Waals surface area (Å²) in [4.78, 5) is 11.9. The Morgan fingerprint density at radius 2 is 1.87 bits per heavy atom. The number of nitrogens with one attached hydrogen (secondary N) is 2. The lowest BCUT2D eigenvalue weighted by molar-refractivity contribution is 0.0507. The summed E-state index contributed by atoms with van der Waals surface area (Å²) in [5.41, 5.74) is -0.452. The van der Waals surface area contributed by atoms with Gasteiger partial charge in [0, 0.05) is 18.6 Å². The summed E-state index contributed by atoms with van der Waals surface area (Å²) in [5.74, 6) is 0.454. The molecule has 134 valence electrons. The molecule has 5 nitrogen and oxygen atoms in total. The van der Waals surface area contributed by atoms with Crippen molar-refractivity contribution in [2.75, 3.05) is 6.54 Å². The summed E-state index contributed by atoms with van der Waals surface area (Å²) in [6, 6.07) is 0.861. The van der Waals surface area contributed by atoms with Gasteiger partial charge in [-0.15, -0.1) is 0 Å². The third-order valence-corrected chi connectivity index (χ3v) is 4.91. The Morgan fingerprint density at radius 1 is 1.13 bits per heavy atom. The number of carbonyl (C=O) groups is 1. The van der Waals surface area contributed by atoms with Crippen LogP contribution >= 0.6 is 0 Å². The molecule has 4 unspecified atom stereocenters. The first-order valence-electron chi connectivity index (χ1n) is 9.24. The van der Waals surface area contributed by atoms with E-state index in [1.807, 2.05) is 20.8 Å². The Hall–Kier alpha value is -0.810. The van der Waals surface area contributed by atoms with Crippen molar-refractivity contribution in [3.8, 4) is 0 Å². The lowest BCUT2D eigenvalue weighted by Gasteiger charge is -2.37. The molecule has 2 rings (SSSR count). The van der Waals surface area contributed by atoms with E-state index in [0.717, 1.165) is 38.5 Å². The number of alkyl carbamates (subject to hydrolysis) is 1. The Labute approximate surface area is 140 Å². The first-order valence-corrected chi connectivity index (χ1v) is 9.24. The van der Waals surface area contributed by atoms with Gasteiger partial charge in [-0.1, -0.05) is 12.8 Å². The van der Waals surface area contributed by atoms with Crippen LogP contribution in [0.2, 0.25) is 0 Å². The van der Waals surface area contributed by atoms with Crippen LogP contribution in [0.3, 0.4) is 0 Å². The number of ether oxygens (including phenoxy) is 1. The van der Waals surface area contributed by atoms with Gasteiger partial charge in [0.05, 0.1) is 6.10 Å². The fourth-order valence-electron chi connectivity index (χ4n) is 3.82. The van der Waals surface area contributed by atoms with Crippen molar-refractivity contribution in [2.45, 2.75) is 95.9 Å². The molecule has 1 amide bonds. The number of aliphatic hydroxyl groups excluding tert-OH is 1. The minimum atomic E-state index is -0.452. The number of amides is 1. The normalized spacial score (nSPS) is 32.3. The molecule has 0 aromatic carbocycles. The lowest BCUT2D eigenvalue weighted by atomic mass is 9.82. The van der Waals surface area contributed by atoms with Crippen LogP contribution in [0.4, 0.5) is 4.79 Å². The zero-order valence-corrected chi connectivity index (χ0v) is 14.9. The van der Waals surface area contributed by atoms with E-state index in [4.69, 9.17) is 4.74 Å². The summed E-state index contributed by atoms with van der Waals surface area (Å²) in [7, 11) is 0. The van der Waals surface area contributed by atoms with Gasteiger partial charge in [-0.2, -0.15) is 0 Å². The Morgan fingerprint density at radius 3 is 2.57 bits per heavy atom. The molecule has 0 aromatic rings. The first kappa shape index (κ1) is 18.5. The van der Waals surface area contributed by atoms with E-state index in [0.29, 0.717) is 24.5 Å². The fraction of sp³-hybridized carbons (Fsp3) is 0.944. The number of aliphatic hydroxyl groups is 1. The van der Waals surface area contributed by atoms with Crippen LogP contribution in [-0.4, -0.2) is 41.5 Å². The molecule has 0 heterocycles. The molecule has 0 aliphatic heterocycles. The molecule has 2 saturated carbocycles. The monoisotopic (exact) mass is 326 g/mol. The second-order valence-corrected chi connectivity index (χ2v) is 8.22. The van der Waals surface area contributed by atoms with E-state index in [-0.39, 0.29) is 12.2 Å². The van der Waals surface area contributed by atoms with Crippen molar-refractivity contribution < 1.29 is 14.6 Å². The summed E-state index contributed by atoms with van der Waals surface area (Å²) in [6.07, 6.45) is 8.36. The highest BCUT2D eigenvalue weighted by Gasteiger charge is 2.29. The van der Waals surface area contributed by atoms with E-state index < -0.39 is 5.60 Å². The highest BCUT2D eigenvalue weighted by atomic mass is 16.6. The lowest BCUT2D eigenvalue weighted by Crippen LogP contribution is -2.49. The van der Waals surface area contributed by atoms with Crippen molar-refractivity contribution in [3.63, 3.8) is 0 Å². The maximum atomic E-state index is 11.9. The predicted octanol–water partition coefficient (Wildman–Crippen LogP) is 2.96. The van der Waals surface area contributed by atoms with Gasteiger partial charge in [0.2, 0.25) is 0 Å². The van der Waals surface area contributed by atoms with Crippen molar-refractivity contribution >= 4 is 6.09 Å². The van der Waals surface area contributed by atoms with Crippen LogP contribution in [0.25, 0.3) is 0 Å². The number of hydrogen-bond donors (Lipinski definition) is 3. The zero-order chi connectivity index (χ0) is 16.9. The molecule has 0 saturated heterocycles. The van der Waals surface area contributed by atoms with E-state index >= 15 is 0 Å². The van der Waals surface area contributed by atoms with Gasteiger partial charge in [-0.05, 0) is 65.2 Å². The molecule has 2 fully saturated rings. The second kappa shape index (κ2) is 8.34. The molecule has 0 bridgehead atoms.